The van der Waals surface area contributed by atoms with Crippen molar-refractivity contribution in [2.75, 3.05) is 5.01 Å². The minimum absolute atomic E-state index is 0.0815. The summed E-state index contributed by atoms with van der Waals surface area (Å²) in [7, 11) is 0. The molecule has 6 heteroatoms. The number of hydrazine groups is 1. The number of nitrogens with one attached hydrogen (secondary N) is 1. The number of amides is 1. The maximum Gasteiger partial charge on any atom is 0.244 e. The Morgan fingerprint density at radius 2 is 1.71 bits per heavy atom. The fourth-order valence-electron chi connectivity index (χ4n) is 2.83. The predicted molar refractivity (Wildman–Crippen MR) is 116 cm³/mol. The van der Waals surface area contributed by atoms with E-state index < -0.39 is 0 Å². The molecule has 1 N–H and O–H groups in total. The molecule has 0 unspecified atom stereocenters. The van der Waals surface area contributed by atoms with Crippen molar-refractivity contribution >= 4 is 34.3 Å². The molecule has 0 atom stereocenters. The Bertz CT molecular complexity index is 1010. The average Bonchev–Trinajstić information content (AvgIpc) is 3.41. The van der Waals surface area contributed by atoms with Crippen LogP contribution < -0.4 is 10.4 Å². The van der Waals surface area contributed by atoms with Gasteiger partial charge in [-0.15, -0.1) is 11.3 Å². The van der Waals surface area contributed by atoms with Crippen LogP contribution in [0.2, 0.25) is 0 Å². The van der Waals surface area contributed by atoms with Gasteiger partial charge in [0.05, 0.1) is 24.3 Å². The number of thiazole rings is 1. The lowest BCUT2D eigenvalue weighted by molar-refractivity contribution is -0.120. The lowest BCUT2D eigenvalue weighted by atomic mass is 10.2. The number of thiophene rings is 1. The maximum atomic E-state index is 12.7. The molecular formula is C22H19N3OS2. The topological polar surface area (TPSA) is 45.2 Å². The highest BCUT2D eigenvalue weighted by molar-refractivity contribution is 7.14. The van der Waals surface area contributed by atoms with Crippen LogP contribution in [0.15, 0.2) is 82.9 Å². The Labute approximate surface area is 172 Å². The molecule has 4 rings (SSSR count). The zero-order valence-corrected chi connectivity index (χ0v) is 16.7. The summed E-state index contributed by atoms with van der Waals surface area (Å²) < 4.78 is 0. The van der Waals surface area contributed by atoms with E-state index in [1.165, 1.54) is 0 Å². The Kier molecular flexibility index (Phi) is 5.80. The zero-order chi connectivity index (χ0) is 19.2. The summed E-state index contributed by atoms with van der Waals surface area (Å²) in [6.07, 6.45) is 0.249. The van der Waals surface area contributed by atoms with Gasteiger partial charge >= 0.3 is 0 Å². The van der Waals surface area contributed by atoms with Crippen LogP contribution in [0.5, 0.6) is 0 Å². The summed E-state index contributed by atoms with van der Waals surface area (Å²) in [6, 6.07) is 22.0. The summed E-state index contributed by atoms with van der Waals surface area (Å²) in [6.45, 7) is 0.591. The molecule has 1 amide bonds. The molecule has 2 aromatic heterocycles. The van der Waals surface area contributed by atoms with Gasteiger partial charge in [0.2, 0.25) is 5.91 Å². The van der Waals surface area contributed by atoms with E-state index in [1.807, 2.05) is 70.4 Å². The fourth-order valence-corrected chi connectivity index (χ4v) is 4.36. The van der Waals surface area contributed by atoms with Gasteiger partial charge < -0.3 is 0 Å². The number of aromatic nitrogens is 1. The normalized spacial score (nSPS) is 10.6. The van der Waals surface area contributed by atoms with Crippen molar-refractivity contribution in [3.05, 3.63) is 94.1 Å². The molecule has 0 aliphatic rings. The minimum atomic E-state index is -0.0815. The maximum absolute atomic E-state index is 12.7. The van der Waals surface area contributed by atoms with Crippen molar-refractivity contribution in [3.8, 4) is 10.6 Å². The second-order valence-electron chi connectivity index (χ2n) is 6.28. The van der Waals surface area contributed by atoms with E-state index in [4.69, 9.17) is 0 Å². The van der Waals surface area contributed by atoms with E-state index in [1.54, 1.807) is 22.7 Å². The Morgan fingerprint density at radius 1 is 0.964 bits per heavy atom. The van der Waals surface area contributed by atoms with Gasteiger partial charge in [0.15, 0.2) is 0 Å². The molecule has 0 bridgehead atoms. The SMILES string of the molecule is O=C(Cc1csc(-c2ccsc2)n1)NN(Cc1ccccc1)c1ccccc1. The van der Waals surface area contributed by atoms with Gasteiger partial charge in [0.25, 0.3) is 0 Å². The molecule has 2 aromatic carbocycles. The first-order chi connectivity index (χ1) is 13.8. The Balaban J connectivity index is 1.46. The van der Waals surface area contributed by atoms with Crippen LogP contribution in [0.3, 0.4) is 0 Å². The number of anilines is 1. The van der Waals surface area contributed by atoms with Gasteiger partial charge in [-0.3, -0.25) is 15.2 Å². The zero-order valence-electron chi connectivity index (χ0n) is 15.1. The first-order valence-electron chi connectivity index (χ1n) is 8.91. The van der Waals surface area contributed by atoms with Gasteiger partial charge in [-0.25, -0.2) is 4.98 Å². The van der Waals surface area contributed by atoms with Crippen molar-refractivity contribution in [2.45, 2.75) is 13.0 Å². The third-order valence-corrected chi connectivity index (χ3v) is 5.80. The summed E-state index contributed by atoms with van der Waals surface area (Å²) >= 11 is 3.21. The number of benzene rings is 2. The third-order valence-electron chi connectivity index (χ3n) is 4.17. The summed E-state index contributed by atoms with van der Waals surface area (Å²) in [5, 5.41) is 8.89. The van der Waals surface area contributed by atoms with Gasteiger partial charge in [-0.1, -0.05) is 48.5 Å². The van der Waals surface area contributed by atoms with Gasteiger partial charge in [0, 0.05) is 16.3 Å². The lowest BCUT2D eigenvalue weighted by Crippen LogP contribution is -2.42. The minimum Gasteiger partial charge on any atom is -0.281 e. The highest BCUT2D eigenvalue weighted by Gasteiger charge is 2.14. The number of carbonyl (C=O) groups is 1. The van der Waals surface area contributed by atoms with Crippen LogP contribution in [-0.4, -0.2) is 10.9 Å². The number of hydrogen-bond acceptors (Lipinski definition) is 5. The first kappa shape index (κ1) is 18.4. The number of rotatable bonds is 7. The Morgan fingerprint density at radius 3 is 2.43 bits per heavy atom. The molecule has 28 heavy (non-hydrogen) atoms. The molecule has 0 radical (unpaired) electrons. The van der Waals surface area contributed by atoms with Crippen molar-refractivity contribution in [2.24, 2.45) is 0 Å². The summed E-state index contributed by atoms with van der Waals surface area (Å²) in [5.74, 6) is -0.0815. The smallest absolute Gasteiger partial charge is 0.244 e. The molecule has 2 heterocycles. The van der Waals surface area contributed by atoms with E-state index >= 15 is 0 Å². The largest absolute Gasteiger partial charge is 0.281 e. The van der Waals surface area contributed by atoms with Gasteiger partial charge in [-0.2, -0.15) is 11.3 Å². The Hall–Kier alpha value is -2.96. The third kappa shape index (κ3) is 4.65. The van der Waals surface area contributed by atoms with Crippen molar-refractivity contribution in [3.63, 3.8) is 0 Å². The van der Waals surface area contributed by atoms with Crippen LogP contribution in [0.25, 0.3) is 10.6 Å². The first-order valence-corrected chi connectivity index (χ1v) is 10.7. The van der Waals surface area contributed by atoms with Crippen LogP contribution in [0, 0.1) is 0 Å². The highest BCUT2D eigenvalue weighted by Crippen LogP contribution is 2.25. The second-order valence-corrected chi connectivity index (χ2v) is 7.91. The molecule has 0 fully saturated rings. The molecule has 0 spiro atoms. The highest BCUT2D eigenvalue weighted by atomic mass is 32.1. The summed E-state index contributed by atoms with van der Waals surface area (Å²) in [4.78, 5) is 17.3. The van der Waals surface area contributed by atoms with Crippen molar-refractivity contribution in [1.82, 2.24) is 10.4 Å². The van der Waals surface area contributed by atoms with Crippen molar-refractivity contribution < 1.29 is 4.79 Å². The number of para-hydroxylation sites is 1. The van der Waals surface area contributed by atoms with Gasteiger partial charge in [-0.05, 0) is 29.1 Å². The quantitative estimate of drug-likeness (QED) is 0.432. The molecule has 4 nitrogen and oxygen atoms in total. The standard InChI is InChI=1S/C22H19N3OS2/c26-21(13-19-16-28-22(23-19)18-11-12-27-15-18)24-25(20-9-5-2-6-10-20)14-17-7-3-1-4-8-17/h1-12,15-16H,13-14H2,(H,24,26). The van der Waals surface area contributed by atoms with Gasteiger partial charge in [0.1, 0.15) is 5.01 Å². The van der Waals surface area contributed by atoms with Crippen LogP contribution in [0.4, 0.5) is 5.69 Å². The van der Waals surface area contributed by atoms with Crippen molar-refractivity contribution in [1.29, 1.82) is 0 Å². The molecule has 0 saturated carbocycles. The number of carbonyl (C=O) groups excluding carboxylic acids is 1. The van der Waals surface area contributed by atoms with E-state index in [2.05, 4.69) is 27.9 Å². The molecule has 0 saturated heterocycles. The fraction of sp³-hybridized carbons (Fsp3) is 0.0909. The molecule has 140 valence electrons. The van der Waals surface area contributed by atoms with Crippen LogP contribution in [0.1, 0.15) is 11.3 Å². The van der Waals surface area contributed by atoms with E-state index in [9.17, 15) is 4.79 Å². The monoisotopic (exact) mass is 405 g/mol. The number of hydrogen-bond donors (Lipinski definition) is 1. The molecule has 0 aliphatic carbocycles. The van der Waals surface area contributed by atoms with E-state index in [0.717, 1.165) is 27.5 Å². The molecule has 0 aliphatic heterocycles. The summed E-state index contributed by atoms with van der Waals surface area (Å²) in [5.41, 5.74) is 7.00. The molecule has 4 aromatic rings. The molecular weight excluding hydrogens is 386 g/mol. The number of nitrogens with zero attached hydrogens (tertiary/aromatic N) is 2. The van der Waals surface area contributed by atoms with E-state index in [-0.39, 0.29) is 12.3 Å². The average molecular weight is 406 g/mol. The lowest BCUT2D eigenvalue weighted by Gasteiger charge is -2.25. The van der Waals surface area contributed by atoms with E-state index in [0.29, 0.717) is 6.54 Å². The van der Waals surface area contributed by atoms with Crippen LogP contribution in [-0.2, 0) is 17.8 Å². The second kappa shape index (κ2) is 8.82. The van der Waals surface area contributed by atoms with Crippen LogP contribution >= 0.6 is 22.7 Å². The predicted octanol–water partition coefficient (Wildman–Crippen LogP) is 5.15.